The molecule has 0 saturated heterocycles. The van der Waals surface area contributed by atoms with Gasteiger partial charge in [-0.1, -0.05) is 20.8 Å². The summed E-state index contributed by atoms with van der Waals surface area (Å²) in [6, 6.07) is 0.353. The molecule has 1 atom stereocenters. The highest BCUT2D eigenvalue weighted by molar-refractivity contribution is 7.88. The highest BCUT2D eigenvalue weighted by Crippen LogP contribution is 2.21. The fourth-order valence-electron chi connectivity index (χ4n) is 1.80. The van der Waals surface area contributed by atoms with E-state index in [-0.39, 0.29) is 0 Å². The molecule has 0 aromatic heterocycles. The largest absolute Gasteiger partial charge is 0.357 e. The van der Waals surface area contributed by atoms with Crippen molar-refractivity contribution in [1.29, 1.82) is 0 Å². The third-order valence-electron chi connectivity index (χ3n) is 3.02. The maximum Gasteiger partial charge on any atom is 0.208 e. The Kier molecular flexibility index (Phi) is 9.67. The fourth-order valence-corrected chi connectivity index (χ4v) is 2.32. The van der Waals surface area contributed by atoms with Gasteiger partial charge in [0.05, 0.1) is 6.26 Å². The third kappa shape index (κ3) is 14.1. The lowest BCUT2D eigenvalue weighted by Crippen LogP contribution is -2.42. The number of nitrogens with zero attached hydrogens (tertiary/aromatic N) is 1. The molecule has 0 aromatic rings. The summed E-state index contributed by atoms with van der Waals surface area (Å²) in [6.07, 6.45) is 4.08. The molecular formula is C15H34N4O2S. The molecule has 0 bridgehead atoms. The SMILES string of the molecule is CCNC(=NCCCNS(C)(=O)=O)NC(C)CCC(C)(C)C. The molecule has 3 N–H and O–H groups in total. The van der Waals surface area contributed by atoms with Gasteiger partial charge in [0.1, 0.15) is 0 Å². The zero-order valence-electron chi connectivity index (χ0n) is 15.0. The van der Waals surface area contributed by atoms with E-state index >= 15 is 0 Å². The summed E-state index contributed by atoms with van der Waals surface area (Å²) < 4.78 is 24.4. The van der Waals surface area contributed by atoms with Crippen LogP contribution in [-0.2, 0) is 10.0 Å². The number of nitrogens with one attached hydrogen (secondary N) is 3. The van der Waals surface area contributed by atoms with Gasteiger partial charge in [-0.2, -0.15) is 0 Å². The van der Waals surface area contributed by atoms with Gasteiger partial charge in [-0.3, -0.25) is 4.99 Å². The maximum absolute atomic E-state index is 11.0. The molecular weight excluding hydrogens is 300 g/mol. The zero-order valence-corrected chi connectivity index (χ0v) is 15.8. The van der Waals surface area contributed by atoms with Crippen LogP contribution < -0.4 is 15.4 Å². The topological polar surface area (TPSA) is 82.6 Å². The molecule has 0 rings (SSSR count). The second-order valence-electron chi connectivity index (χ2n) is 6.93. The van der Waals surface area contributed by atoms with Crippen molar-refractivity contribution in [3.63, 3.8) is 0 Å². The van der Waals surface area contributed by atoms with Crippen LogP contribution in [0.5, 0.6) is 0 Å². The Labute approximate surface area is 136 Å². The molecule has 0 fully saturated rings. The van der Waals surface area contributed by atoms with Gasteiger partial charge < -0.3 is 10.6 Å². The molecule has 6 nitrogen and oxygen atoms in total. The first-order chi connectivity index (χ1) is 10.0. The van der Waals surface area contributed by atoms with Crippen molar-refractivity contribution in [2.75, 3.05) is 25.9 Å². The Morgan fingerprint density at radius 1 is 1.27 bits per heavy atom. The van der Waals surface area contributed by atoms with E-state index in [4.69, 9.17) is 0 Å². The van der Waals surface area contributed by atoms with Crippen LogP contribution in [0.15, 0.2) is 4.99 Å². The highest BCUT2D eigenvalue weighted by Gasteiger charge is 2.13. The number of aliphatic imine (C=N–C) groups is 1. The Bertz CT molecular complexity index is 427. The Balaban J connectivity index is 4.20. The normalized spacial score (nSPS) is 14.7. The molecule has 0 aliphatic heterocycles. The van der Waals surface area contributed by atoms with Gasteiger partial charge in [0.25, 0.3) is 0 Å². The van der Waals surface area contributed by atoms with E-state index in [2.05, 4.69) is 48.0 Å². The van der Waals surface area contributed by atoms with Crippen LogP contribution in [0.1, 0.15) is 53.9 Å². The molecule has 0 spiro atoms. The van der Waals surface area contributed by atoms with Crippen molar-refractivity contribution in [2.45, 2.75) is 59.9 Å². The van der Waals surface area contributed by atoms with Crippen LogP contribution in [-0.4, -0.2) is 46.3 Å². The second kappa shape index (κ2) is 10.0. The summed E-state index contributed by atoms with van der Waals surface area (Å²) in [5.41, 5.74) is 0.336. The van der Waals surface area contributed by atoms with Crippen LogP contribution in [0.25, 0.3) is 0 Å². The average molecular weight is 335 g/mol. The summed E-state index contributed by atoms with van der Waals surface area (Å²) in [7, 11) is -3.11. The average Bonchev–Trinajstić information content (AvgIpc) is 2.34. The van der Waals surface area contributed by atoms with E-state index in [0.29, 0.717) is 31.0 Å². The molecule has 1 unspecified atom stereocenters. The van der Waals surface area contributed by atoms with Crippen molar-refractivity contribution in [1.82, 2.24) is 15.4 Å². The minimum absolute atomic E-state index is 0.336. The van der Waals surface area contributed by atoms with Gasteiger partial charge in [-0.15, -0.1) is 0 Å². The third-order valence-corrected chi connectivity index (χ3v) is 3.75. The van der Waals surface area contributed by atoms with Gasteiger partial charge in [-0.05, 0) is 38.5 Å². The standard InChI is InChI=1S/C15H34N4O2S/c1-7-16-14(17-11-8-12-18-22(6,20)21)19-13(2)9-10-15(3,4)5/h13,18H,7-12H2,1-6H3,(H2,16,17,19). The maximum atomic E-state index is 11.0. The quantitative estimate of drug-likeness (QED) is 0.340. The first kappa shape index (κ1) is 21.2. The lowest BCUT2D eigenvalue weighted by Gasteiger charge is -2.23. The van der Waals surface area contributed by atoms with Crippen LogP contribution in [0.4, 0.5) is 0 Å². The van der Waals surface area contributed by atoms with E-state index in [1.54, 1.807) is 0 Å². The van der Waals surface area contributed by atoms with E-state index in [1.165, 1.54) is 6.26 Å². The van der Waals surface area contributed by atoms with Gasteiger partial charge in [0.15, 0.2) is 5.96 Å². The molecule has 0 amide bonds. The summed E-state index contributed by atoms with van der Waals surface area (Å²) in [5, 5.41) is 6.62. The zero-order chi connectivity index (χ0) is 17.2. The van der Waals surface area contributed by atoms with Crippen molar-refractivity contribution in [2.24, 2.45) is 10.4 Å². The molecule has 0 saturated carbocycles. The first-order valence-corrected chi connectivity index (χ1v) is 9.92. The van der Waals surface area contributed by atoms with E-state index in [9.17, 15) is 8.42 Å². The van der Waals surface area contributed by atoms with Crippen LogP contribution in [0.2, 0.25) is 0 Å². The Morgan fingerprint density at radius 2 is 1.91 bits per heavy atom. The molecule has 132 valence electrons. The number of hydrogen-bond acceptors (Lipinski definition) is 3. The second-order valence-corrected chi connectivity index (χ2v) is 8.76. The predicted molar refractivity (Wildman–Crippen MR) is 94.7 cm³/mol. The van der Waals surface area contributed by atoms with E-state index < -0.39 is 10.0 Å². The van der Waals surface area contributed by atoms with Gasteiger partial charge in [0, 0.05) is 25.7 Å². The molecule has 7 heteroatoms. The van der Waals surface area contributed by atoms with Crippen molar-refractivity contribution >= 4 is 16.0 Å². The van der Waals surface area contributed by atoms with Crippen LogP contribution in [0, 0.1) is 5.41 Å². The Hall–Kier alpha value is -0.820. The lowest BCUT2D eigenvalue weighted by atomic mass is 9.89. The fraction of sp³-hybridized carbons (Fsp3) is 0.933. The van der Waals surface area contributed by atoms with E-state index in [0.717, 1.165) is 25.3 Å². The molecule has 0 aliphatic rings. The van der Waals surface area contributed by atoms with Crippen LogP contribution >= 0.6 is 0 Å². The predicted octanol–water partition coefficient (Wildman–Crippen LogP) is 1.70. The minimum atomic E-state index is -3.11. The highest BCUT2D eigenvalue weighted by atomic mass is 32.2. The van der Waals surface area contributed by atoms with Gasteiger partial charge in [-0.25, -0.2) is 13.1 Å². The number of guanidine groups is 1. The number of hydrogen-bond donors (Lipinski definition) is 3. The Morgan fingerprint density at radius 3 is 2.41 bits per heavy atom. The van der Waals surface area contributed by atoms with Crippen molar-refractivity contribution in [3.05, 3.63) is 0 Å². The summed E-state index contributed by atoms with van der Waals surface area (Å²) in [4.78, 5) is 4.48. The minimum Gasteiger partial charge on any atom is -0.357 e. The molecule has 0 radical (unpaired) electrons. The molecule has 0 aromatic carbocycles. The number of rotatable bonds is 9. The molecule has 22 heavy (non-hydrogen) atoms. The monoisotopic (exact) mass is 334 g/mol. The molecule has 0 aliphatic carbocycles. The van der Waals surface area contributed by atoms with Crippen molar-refractivity contribution in [3.8, 4) is 0 Å². The van der Waals surface area contributed by atoms with Crippen LogP contribution in [0.3, 0.4) is 0 Å². The summed E-state index contributed by atoms with van der Waals surface area (Å²) in [5.74, 6) is 0.795. The molecule has 0 heterocycles. The van der Waals surface area contributed by atoms with Gasteiger partial charge >= 0.3 is 0 Å². The van der Waals surface area contributed by atoms with Crippen molar-refractivity contribution < 1.29 is 8.42 Å². The number of sulfonamides is 1. The van der Waals surface area contributed by atoms with Gasteiger partial charge in [0.2, 0.25) is 10.0 Å². The smallest absolute Gasteiger partial charge is 0.208 e. The summed E-state index contributed by atoms with van der Waals surface area (Å²) >= 11 is 0. The summed E-state index contributed by atoms with van der Waals surface area (Å²) in [6.45, 7) is 12.7. The lowest BCUT2D eigenvalue weighted by molar-refractivity contribution is 0.346. The first-order valence-electron chi connectivity index (χ1n) is 8.03. The van der Waals surface area contributed by atoms with E-state index in [1.807, 2.05) is 6.92 Å².